The van der Waals surface area contributed by atoms with Crippen LogP contribution in [0.2, 0.25) is 5.02 Å². The predicted molar refractivity (Wildman–Crippen MR) is 78.6 cm³/mol. The lowest BCUT2D eigenvalue weighted by Crippen LogP contribution is -2.46. The van der Waals surface area contributed by atoms with Gasteiger partial charge < -0.3 is 15.8 Å². The zero-order chi connectivity index (χ0) is 15.5. The van der Waals surface area contributed by atoms with E-state index in [2.05, 4.69) is 5.32 Å². The van der Waals surface area contributed by atoms with Crippen LogP contribution >= 0.6 is 11.6 Å². The van der Waals surface area contributed by atoms with Crippen molar-refractivity contribution >= 4 is 29.2 Å². The maximum Gasteiger partial charge on any atom is 0.338 e. The van der Waals surface area contributed by atoms with Crippen molar-refractivity contribution in [3.8, 4) is 0 Å². The van der Waals surface area contributed by atoms with Gasteiger partial charge in [-0.05, 0) is 45.9 Å². The number of hydrogen-bond donors (Lipinski definition) is 2. The number of halogens is 1. The van der Waals surface area contributed by atoms with Gasteiger partial charge in [0.1, 0.15) is 0 Å². The molecule has 0 spiro atoms. The van der Waals surface area contributed by atoms with Crippen LogP contribution in [-0.4, -0.2) is 23.5 Å². The summed E-state index contributed by atoms with van der Waals surface area (Å²) in [5.74, 6) is -0.974. The van der Waals surface area contributed by atoms with E-state index in [1.54, 1.807) is 0 Å². The van der Waals surface area contributed by atoms with Gasteiger partial charge in [-0.2, -0.15) is 0 Å². The molecule has 0 fully saturated rings. The van der Waals surface area contributed by atoms with E-state index in [0.717, 1.165) is 0 Å². The van der Waals surface area contributed by atoms with Crippen molar-refractivity contribution in [1.82, 2.24) is 5.32 Å². The fourth-order valence-corrected chi connectivity index (χ4v) is 1.54. The average molecular weight is 299 g/mol. The number of nitrogens with two attached hydrogens (primary N) is 1. The van der Waals surface area contributed by atoms with Gasteiger partial charge in [0.2, 0.25) is 0 Å². The average Bonchev–Trinajstić information content (AvgIpc) is 2.30. The third kappa shape index (κ3) is 4.74. The minimum absolute atomic E-state index is 0.252. The largest absolute Gasteiger partial charge is 0.449 e. The second-order valence-electron chi connectivity index (χ2n) is 5.52. The first-order chi connectivity index (χ1) is 9.10. The van der Waals surface area contributed by atoms with Crippen LogP contribution in [0.1, 0.15) is 38.1 Å². The molecule has 20 heavy (non-hydrogen) atoms. The van der Waals surface area contributed by atoms with Crippen molar-refractivity contribution in [2.24, 2.45) is 0 Å². The van der Waals surface area contributed by atoms with E-state index in [9.17, 15) is 9.59 Å². The molecule has 0 aliphatic heterocycles. The van der Waals surface area contributed by atoms with Crippen molar-refractivity contribution < 1.29 is 14.3 Å². The maximum absolute atomic E-state index is 11.9. The van der Waals surface area contributed by atoms with Crippen molar-refractivity contribution in [3.63, 3.8) is 0 Å². The lowest BCUT2D eigenvalue weighted by atomic mass is 10.1. The number of rotatable bonds is 3. The van der Waals surface area contributed by atoms with Gasteiger partial charge in [-0.1, -0.05) is 11.6 Å². The first kappa shape index (κ1) is 16.3. The number of hydrogen-bond acceptors (Lipinski definition) is 4. The molecule has 0 aliphatic carbocycles. The number of nitrogens with one attached hydrogen (secondary N) is 1. The second kappa shape index (κ2) is 6.13. The maximum atomic E-state index is 11.9. The number of carbonyl (C=O) groups excluding carboxylic acids is 2. The smallest absolute Gasteiger partial charge is 0.338 e. The van der Waals surface area contributed by atoms with Crippen molar-refractivity contribution in [2.75, 3.05) is 5.73 Å². The van der Waals surface area contributed by atoms with E-state index < -0.39 is 12.1 Å². The molecular weight excluding hydrogens is 280 g/mol. The summed E-state index contributed by atoms with van der Waals surface area (Å²) in [6.07, 6.45) is -0.890. The summed E-state index contributed by atoms with van der Waals surface area (Å²) in [7, 11) is 0. The summed E-state index contributed by atoms with van der Waals surface area (Å²) < 4.78 is 5.09. The number of benzene rings is 1. The molecule has 0 saturated carbocycles. The summed E-state index contributed by atoms with van der Waals surface area (Å²) in [4.78, 5) is 23.7. The van der Waals surface area contributed by atoms with Gasteiger partial charge in [0.25, 0.3) is 5.91 Å². The van der Waals surface area contributed by atoms with Crippen LogP contribution in [0.3, 0.4) is 0 Å². The van der Waals surface area contributed by atoms with Gasteiger partial charge in [0, 0.05) is 5.54 Å². The molecule has 0 aliphatic rings. The number of anilines is 1. The van der Waals surface area contributed by atoms with E-state index >= 15 is 0 Å². The molecule has 110 valence electrons. The first-order valence-electron chi connectivity index (χ1n) is 6.18. The van der Waals surface area contributed by atoms with Gasteiger partial charge in [0.15, 0.2) is 6.10 Å². The summed E-state index contributed by atoms with van der Waals surface area (Å²) >= 11 is 5.77. The molecular formula is C14H19ClN2O3. The molecule has 0 bridgehead atoms. The summed E-state index contributed by atoms with van der Waals surface area (Å²) in [5, 5.41) is 3.10. The monoisotopic (exact) mass is 298 g/mol. The Morgan fingerprint density at radius 2 is 1.95 bits per heavy atom. The molecule has 0 saturated heterocycles. The Morgan fingerprint density at radius 1 is 1.35 bits per heavy atom. The Hall–Kier alpha value is -1.75. The van der Waals surface area contributed by atoms with E-state index in [0.29, 0.717) is 5.02 Å². The van der Waals surface area contributed by atoms with E-state index in [1.807, 2.05) is 20.8 Å². The molecule has 5 nitrogen and oxygen atoms in total. The van der Waals surface area contributed by atoms with Gasteiger partial charge in [-0.3, -0.25) is 4.79 Å². The highest BCUT2D eigenvalue weighted by Gasteiger charge is 2.23. The zero-order valence-electron chi connectivity index (χ0n) is 12.0. The fourth-order valence-electron chi connectivity index (χ4n) is 1.42. The van der Waals surface area contributed by atoms with Crippen LogP contribution in [0.4, 0.5) is 5.69 Å². The van der Waals surface area contributed by atoms with Crippen LogP contribution < -0.4 is 11.1 Å². The van der Waals surface area contributed by atoms with Gasteiger partial charge in [-0.25, -0.2) is 4.79 Å². The quantitative estimate of drug-likeness (QED) is 0.663. The van der Waals surface area contributed by atoms with Crippen molar-refractivity contribution in [2.45, 2.75) is 39.3 Å². The highest BCUT2D eigenvalue weighted by atomic mass is 35.5. The standard InChI is InChI=1S/C14H19ClN2O3/c1-8(12(18)17-14(2,3)4)20-13(19)9-5-6-10(15)11(16)7-9/h5-8H,16H2,1-4H3,(H,17,18)/t8-/m1/s1. The van der Waals surface area contributed by atoms with Gasteiger partial charge in [-0.15, -0.1) is 0 Å². The van der Waals surface area contributed by atoms with Gasteiger partial charge in [0.05, 0.1) is 16.3 Å². The second-order valence-corrected chi connectivity index (χ2v) is 5.93. The lowest BCUT2D eigenvalue weighted by Gasteiger charge is -2.23. The molecule has 0 heterocycles. The topological polar surface area (TPSA) is 81.4 Å². The van der Waals surface area contributed by atoms with Crippen LogP contribution in [0, 0.1) is 0 Å². The number of carbonyl (C=O) groups is 2. The Labute approximate surface area is 123 Å². The predicted octanol–water partition coefficient (Wildman–Crippen LogP) is 2.38. The SMILES string of the molecule is C[C@@H](OC(=O)c1ccc(Cl)c(N)c1)C(=O)NC(C)(C)C. The number of esters is 1. The van der Waals surface area contributed by atoms with Crippen molar-refractivity contribution in [1.29, 1.82) is 0 Å². The lowest BCUT2D eigenvalue weighted by molar-refractivity contribution is -0.130. The molecule has 1 amide bonds. The molecule has 1 aromatic carbocycles. The fraction of sp³-hybridized carbons (Fsp3) is 0.429. The zero-order valence-corrected chi connectivity index (χ0v) is 12.7. The van der Waals surface area contributed by atoms with E-state index in [1.165, 1.54) is 25.1 Å². The normalized spacial score (nSPS) is 12.7. The molecule has 0 aromatic heterocycles. The molecule has 1 rings (SSSR count). The van der Waals surface area contributed by atoms with E-state index in [4.69, 9.17) is 22.1 Å². The van der Waals surface area contributed by atoms with Gasteiger partial charge >= 0.3 is 5.97 Å². The number of nitrogen functional groups attached to an aromatic ring is 1. The molecule has 0 radical (unpaired) electrons. The third-order valence-electron chi connectivity index (χ3n) is 2.38. The van der Waals surface area contributed by atoms with Crippen molar-refractivity contribution in [3.05, 3.63) is 28.8 Å². The third-order valence-corrected chi connectivity index (χ3v) is 2.73. The van der Waals surface area contributed by atoms with Crippen LogP contribution in [0.15, 0.2) is 18.2 Å². The van der Waals surface area contributed by atoms with E-state index in [-0.39, 0.29) is 22.7 Å². The molecule has 1 atom stereocenters. The highest BCUT2D eigenvalue weighted by Crippen LogP contribution is 2.20. The number of amides is 1. The summed E-state index contributed by atoms with van der Waals surface area (Å²) in [6, 6.07) is 4.42. The molecule has 3 N–H and O–H groups in total. The minimum atomic E-state index is -0.890. The summed E-state index contributed by atoms with van der Waals surface area (Å²) in [6.45, 7) is 7.05. The molecule has 1 aromatic rings. The molecule has 6 heteroatoms. The van der Waals surface area contributed by atoms with Crippen LogP contribution in [0.25, 0.3) is 0 Å². The Bertz CT molecular complexity index is 524. The first-order valence-corrected chi connectivity index (χ1v) is 6.56. The van der Waals surface area contributed by atoms with Crippen LogP contribution in [0.5, 0.6) is 0 Å². The Morgan fingerprint density at radius 3 is 2.45 bits per heavy atom. The highest BCUT2D eigenvalue weighted by molar-refractivity contribution is 6.33. The Balaban J connectivity index is 2.70. The van der Waals surface area contributed by atoms with Crippen LogP contribution in [-0.2, 0) is 9.53 Å². The molecule has 0 unspecified atom stereocenters. The summed E-state index contributed by atoms with van der Waals surface area (Å²) in [5.41, 5.74) is 5.76. The Kier molecular flexibility index (Phi) is 5.00. The minimum Gasteiger partial charge on any atom is -0.449 e. The number of ether oxygens (including phenoxy) is 1.